The lowest BCUT2D eigenvalue weighted by Crippen LogP contribution is -2.34. The van der Waals surface area contributed by atoms with E-state index < -0.39 is 0 Å². The number of hydrogen-bond acceptors (Lipinski definition) is 2. The third kappa shape index (κ3) is 3.94. The summed E-state index contributed by atoms with van der Waals surface area (Å²) >= 11 is 0. The van der Waals surface area contributed by atoms with Crippen LogP contribution in [0.5, 0.6) is 0 Å². The van der Waals surface area contributed by atoms with Crippen LogP contribution in [0.15, 0.2) is 48.5 Å². The highest BCUT2D eigenvalue weighted by Gasteiger charge is 2.14. The Bertz CT molecular complexity index is 899. The highest BCUT2D eigenvalue weighted by atomic mass is 19.1. The predicted molar refractivity (Wildman–Crippen MR) is 104 cm³/mol. The molecule has 0 spiro atoms. The molecule has 3 rings (SSSR count). The standard InChI is InChI=1S/C21H24FN3O/c1-3-25(4-2)12-11-23-21(26)18-8-6-5-7-17(18)20-13-15-9-10-16(22)14-19(15)24-20/h5-10,13-14,24H,3-4,11-12H2,1-2H3,(H,23,26). The molecule has 0 radical (unpaired) electrons. The van der Waals surface area contributed by atoms with Crippen molar-refractivity contribution < 1.29 is 9.18 Å². The summed E-state index contributed by atoms with van der Waals surface area (Å²) in [6, 6.07) is 14.0. The molecule has 1 amide bonds. The van der Waals surface area contributed by atoms with Crippen LogP contribution in [0.4, 0.5) is 4.39 Å². The van der Waals surface area contributed by atoms with E-state index >= 15 is 0 Å². The molecular formula is C21H24FN3O. The van der Waals surface area contributed by atoms with E-state index in [9.17, 15) is 9.18 Å². The van der Waals surface area contributed by atoms with Crippen LogP contribution in [0.1, 0.15) is 24.2 Å². The number of nitrogens with one attached hydrogen (secondary N) is 2. The molecule has 0 aliphatic carbocycles. The number of H-pyrrole nitrogens is 1. The second-order valence-corrected chi connectivity index (χ2v) is 6.24. The molecule has 1 heterocycles. The summed E-state index contributed by atoms with van der Waals surface area (Å²) in [5.74, 6) is -0.383. The molecule has 1 aromatic heterocycles. The molecule has 0 aliphatic heterocycles. The van der Waals surface area contributed by atoms with Crippen molar-refractivity contribution in [1.82, 2.24) is 15.2 Å². The van der Waals surface area contributed by atoms with Gasteiger partial charge in [0, 0.05) is 40.8 Å². The average Bonchev–Trinajstić information content (AvgIpc) is 3.08. The Labute approximate surface area is 153 Å². The van der Waals surface area contributed by atoms with Gasteiger partial charge in [-0.1, -0.05) is 32.0 Å². The van der Waals surface area contributed by atoms with E-state index in [-0.39, 0.29) is 11.7 Å². The first-order valence-corrected chi connectivity index (χ1v) is 9.00. The van der Waals surface area contributed by atoms with Crippen LogP contribution in [0.3, 0.4) is 0 Å². The van der Waals surface area contributed by atoms with Gasteiger partial charge in [0.05, 0.1) is 0 Å². The third-order valence-corrected chi connectivity index (χ3v) is 4.65. The minimum Gasteiger partial charge on any atom is -0.354 e. The molecule has 0 atom stereocenters. The van der Waals surface area contributed by atoms with Gasteiger partial charge in [0.15, 0.2) is 0 Å². The van der Waals surface area contributed by atoms with Gasteiger partial charge in [0.2, 0.25) is 0 Å². The fourth-order valence-corrected chi connectivity index (χ4v) is 3.12. The fraction of sp³-hybridized carbons (Fsp3) is 0.286. The van der Waals surface area contributed by atoms with Crippen LogP contribution >= 0.6 is 0 Å². The molecule has 26 heavy (non-hydrogen) atoms. The maximum Gasteiger partial charge on any atom is 0.252 e. The SMILES string of the molecule is CCN(CC)CCNC(=O)c1ccccc1-c1cc2ccc(F)cc2[nH]1. The molecule has 0 saturated carbocycles. The largest absolute Gasteiger partial charge is 0.354 e. The van der Waals surface area contributed by atoms with Crippen molar-refractivity contribution in [3.05, 3.63) is 59.9 Å². The molecule has 3 aromatic rings. The summed E-state index contributed by atoms with van der Waals surface area (Å²) in [6.07, 6.45) is 0. The second-order valence-electron chi connectivity index (χ2n) is 6.24. The summed E-state index contributed by atoms with van der Waals surface area (Å²) in [5, 5.41) is 3.91. The number of rotatable bonds is 7. The Kier molecular flexibility index (Phi) is 5.68. The lowest BCUT2D eigenvalue weighted by molar-refractivity contribution is 0.0949. The van der Waals surface area contributed by atoms with Gasteiger partial charge in [-0.3, -0.25) is 4.79 Å². The van der Waals surface area contributed by atoms with Crippen LogP contribution in [-0.2, 0) is 0 Å². The summed E-state index contributed by atoms with van der Waals surface area (Å²) in [4.78, 5) is 18.1. The highest BCUT2D eigenvalue weighted by Crippen LogP contribution is 2.27. The number of benzene rings is 2. The average molecular weight is 353 g/mol. The molecule has 4 nitrogen and oxygen atoms in total. The van der Waals surface area contributed by atoms with Crippen LogP contribution in [0.2, 0.25) is 0 Å². The van der Waals surface area contributed by atoms with Crippen LogP contribution < -0.4 is 5.32 Å². The van der Waals surface area contributed by atoms with Crippen molar-refractivity contribution >= 4 is 16.8 Å². The van der Waals surface area contributed by atoms with Crippen molar-refractivity contribution in [3.63, 3.8) is 0 Å². The molecule has 2 aromatic carbocycles. The Morgan fingerprint density at radius 3 is 2.65 bits per heavy atom. The van der Waals surface area contributed by atoms with Crippen molar-refractivity contribution in [2.75, 3.05) is 26.2 Å². The number of aromatic nitrogens is 1. The van der Waals surface area contributed by atoms with Crippen molar-refractivity contribution in [2.45, 2.75) is 13.8 Å². The van der Waals surface area contributed by atoms with E-state index in [1.807, 2.05) is 30.3 Å². The van der Waals surface area contributed by atoms with E-state index in [4.69, 9.17) is 0 Å². The number of amides is 1. The third-order valence-electron chi connectivity index (χ3n) is 4.65. The quantitative estimate of drug-likeness (QED) is 0.673. The molecule has 0 unspecified atom stereocenters. The summed E-state index contributed by atoms with van der Waals surface area (Å²) in [6.45, 7) is 7.58. The molecule has 0 fully saturated rings. The van der Waals surface area contributed by atoms with Gasteiger partial charge in [0.25, 0.3) is 5.91 Å². The zero-order chi connectivity index (χ0) is 18.5. The van der Waals surface area contributed by atoms with E-state index in [0.29, 0.717) is 12.1 Å². The Morgan fingerprint density at radius 1 is 1.12 bits per heavy atom. The van der Waals surface area contributed by atoms with Crippen LogP contribution in [0, 0.1) is 5.82 Å². The van der Waals surface area contributed by atoms with E-state index in [1.165, 1.54) is 12.1 Å². The molecule has 5 heteroatoms. The maximum absolute atomic E-state index is 13.4. The minimum atomic E-state index is -0.284. The first-order chi connectivity index (χ1) is 12.6. The number of halogens is 1. The number of likely N-dealkylation sites (N-methyl/N-ethyl adjacent to an activating group) is 1. The first-order valence-electron chi connectivity index (χ1n) is 9.00. The molecule has 0 aliphatic rings. The second kappa shape index (κ2) is 8.15. The molecule has 0 bridgehead atoms. The molecular weight excluding hydrogens is 329 g/mol. The molecule has 136 valence electrons. The zero-order valence-corrected chi connectivity index (χ0v) is 15.2. The van der Waals surface area contributed by atoms with Crippen molar-refractivity contribution in [3.8, 4) is 11.3 Å². The Hall–Kier alpha value is -2.66. The maximum atomic E-state index is 13.4. The molecule has 0 saturated heterocycles. The summed E-state index contributed by atoms with van der Waals surface area (Å²) < 4.78 is 13.4. The van der Waals surface area contributed by atoms with E-state index in [0.717, 1.165) is 41.8 Å². The van der Waals surface area contributed by atoms with Crippen molar-refractivity contribution in [2.24, 2.45) is 0 Å². The van der Waals surface area contributed by atoms with Crippen molar-refractivity contribution in [1.29, 1.82) is 0 Å². The van der Waals surface area contributed by atoms with Gasteiger partial charge in [-0.15, -0.1) is 0 Å². The minimum absolute atomic E-state index is 0.0995. The zero-order valence-electron chi connectivity index (χ0n) is 15.2. The van der Waals surface area contributed by atoms with Gasteiger partial charge in [-0.25, -0.2) is 4.39 Å². The number of aromatic amines is 1. The van der Waals surface area contributed by atoms with Gasteiger partial charge in [-0.05, 0) is 43.4 Å². The number of fused-ring (bicyclic) bond motifs is 1. The van der Waals surface area contributed by atoms with Crippen LogP contribution in [-0.4, -0.2) is 42.0 Å². The number of hydrogen-bond donors (Lipinski definition) is 2. The smallest absolute Gasteiger partial charge is 0.252 e. The summed E-state index contributed by atoms with van der Waals surface area (Å²) in [5.41, 5.74) is 2.94. The first kappa shape index (κ1) is 18.1. The van der Waals surface area contributed by atoms with E-state index in [1.54, 1.807) is 6.07 Å². The van der Waals surface area contributed by atoms with E-state index in [2.05, 4.69) is 29.0 Å². The Balaban J connectivity index is 1.82. The van der Waals surface area contributed by atoms with Crippen LogP contribution in [0.25, 0.3) is 22.2 Å². The van der Waals surface area contributed by atoms with Gasteiger partial charge in [0.1, 0.15) is 5.82 Å². The van der Waals surface area contributed by atoms with Gasteiger partial charge >= 0.3 is 0 Å². The predicted octanol–water partition coefficient (Wildman–Crippen LogP) is 4.05. The molecule has 2 N–H and O–H groups in total. The number of carbonyl (C=O) groups is 1. The van der Waals surface area contributed by atoms with Gasteiger partial charge in [-0.2, -0.15) is 0 Å². The number of nitrogens with zero attached hydrogens (tertiary/aromatic N) is 1. The number of carbonyl (C=O) groups excluding carboxylic acids is 1. The lowest BCUT2D eigenvalue weighted by Gasteiger charge is -2.18. The normalized spacial score (nSPS) is 11.2. The Morgan fingerprint density at radius 2 is 1.88 bits per heavy atom. The summed E-state index contributed by atoms with van der Waals surface area (Å²) in [7, 11) is 0. The lowest BCUT2D eigenvalue weighted by atomic mass is 10.0. The van der Waals surface area contributed by atoms with Gasteiger partial charge < -0.3 is 15.2 Å². The fourth-order valence-electron chi connectivity index (χ4n) is 3.12. The highest BCUT2D eigenvalue weighted by molar-refractivity contribution is 6.01. The topological polar surface area (TPSA) is 48.1 Å². The monoisotopic (exact) mass is 353 g/mol.